The van der Waals surface area contributed by atoms with E-state index in [0.29, 0.717) is 12.3 Å². The first-order valence-electron chi connectivity index (χ1n) is 7.84. The first-order chi connectivity index (χ1) is 10.7. The van der Waals surface area contributed by atoms with Gasteiger partial charge in [0.05, 0.1) is 17.1 Å². The van der Waals surface area contributed by atoms with E-state index in [1.807, 2.05) is 43.5 Å². The molecule has 23 heavy (non-hydrogen) atoms. The van der Waals surface area contributed by atoms with E-state index < -0.39 is 0 Å². The summed E-state index contributed by atoms with van der Waals surface area (Å²) in [6, 6.07) is 9.71. The maximum Gasteiger partial charge on any atom is 0.224 e. The predicted octanol–water partition coefficient (Wildman–Crippen LogP) is 2.93. The van der Waals surface area contributed by atoms with Crippen molar-refractivity contribution in [3.8, 4) is 5.69 Å². The molecule has 3 rings (SSSR count). The third-order valence-corrected chi connectivity index (χ3v) is 4.09. The summed E-state index contributed by atoms with van der Waals surface area (Å²) in [5.41, 5.74) is 2.65. The van der Waals surface area contributed by atoms with Crippen molar-refractivity contribution in [2.75, 3.05) is 18.4 Å². The van der Waals surface area contributed by atoms with Crippen LogP contribution in [0.5, 0.6) is 0 Å². The molecule has 0 saturated carbocycles. The number of nitrogens with one attached hydrogen (secondary N) is 2. The van der Waals surface area contributed by atoms with Crippen molar-refractivity contribution >= 4 is 24.0 Å². The van der Waals surface area contributed by atoms with Gasteiger partial charge in [0, 0.05) is 12.6 Å². The largest absolute Gasteiger partial charge is 0.324 e. The van der Waals surface area contributed by atoms with Gasteiger partial charge < -0.3 is 10.6 Å². The van der Waals surface area contributed by atoms with Crippen LogP contribution in [-0.2, 0) is 4.79 Å². The van der Waals surface area contributed by atoms with Crippen molar-refractivity contribution in [3.63, 3.8) is 0 Å². The number of para-hydroxylation sites is 2. The lowest BCUT2D eigenvalue weighted by atomic mass is 10.0. The molecular weight excluding hydrogens is 312 g/mol. The molecule has 1 aliphatic heterocycles. The molecule has 1 aromatic heterocycles. The number of amides is 1. The number of halogens is 1. The number of aryl methyl sites for hydroxylation is 1. The highest BCUT2D eigenvalue weighted by Gasteiger charge is 2.16. The molecule has 1 aliphatic rings. The van der Waals surface area contributed by atoms with Crippen LogP contribution in [0.1, 0.15) is 25.0 Å². The van der Waals surface area contributed by atoms with Crippen LogP contribution >= 0.6 is 12.4 Å². The van der Waals surface area contributed by atoms with E-state index in [-0.39, 0.29) is 18.3 Å². The van der Waals surface area contributed by atoms with Gasteiger partial charge in [0.2, 0.25) is 5.91 Å². The van der Waals surface area contributed by atoms with Crippen LogP contribution in [0.2, 0.25) is 0 Å². The van der Waals surface area contributed by atoms with E-state index in [2.05, 4.69) is 15.7 Å². The molecule has 1 unspecified atom stereocenters. The van der Waals surface area contributed by atoms with Crippen LogP contribution in [0.3, 0.4) is 0 Å². The smallest absolute Gasteiger partial charge is 0.224 e. The first-order valence-corrected chi connectivity index (χ1v) is 7.84. The summed E-state index contributed by atoms with van der Waals surface area (Å²) >= 11 is 0. The number of hydrogen-bond donors (Lipinski definition) is 2. The summed E-state index contributed by atoms with van der Waals surface area (Å²) in [5.74, 6) is 0.706. The maximum atomic E-state index is 12.2. The average molecular weight is 335 g/mol. The number of carbonyl (C=O) groups is 1. The molecule has 2 aromatic rings. The standard InChI is InChI=1S/C17H22N4O.ClH/c1-13-9-11-21(20-13)16-5-3-2-4-15(16)19-17(22)7-6-14-8-10-18-12-14;/h2-5,9,11,14,18H,6-8,10,12H2,1H3,(H,19,22);1H. The Bertz CT molecular complexity index is 650. The van der Waals surface area contributed by atoms with Crippen LogP contribution in [0.25, 0.3) is 5.69 Å². The Balaban J connectivity index is 0.00000192. The van der Waals surface area contributed by atoms with Gasteiger partial charge >= 0.3 is 0 Å². The molecule has 1 amide bonds. The number of aromatic nitrogens is 2. The van der Waals surface area contributed by atoms with Crippen LogP contribution < -0.4 is 10.6 Å². The van der Waals surface area contributed by atoms with Crippen molar-refractivity contribution in [1.82, 2.24) is 15.1 Å². The zero-order chi connectivity index (χ0) is 15.4. The van der Waals surface area contributed by atoms with Crippen LogP contribution in [0.4, 0.5) is 5.69 Å². The predicted molar refractivity (Wildman–Crippen MR) is 94.4 cm³/mol. The summed E-state index contributed by atoms with van der Waals surface area (Å²) in [6.45, 7) is 4.07. The van der Waals surface area contributed by atoms with Gasteiger partial charge in [0.1, 0.15) is 0 Å². The Morgan fingerprint density at radius 1 is 1.39 bits per heavy atom. The Morgan fingerprint density at radius 3 is 2.91 bits per heavy atom. The number of hydrogen-bond acceptors (Lipinski definition) is 3. The molecule has 0 radical (unpaired) electrons. The molecule has 0 spiro atoms. The van der Waals surface area contributed by atoms with E-state index >= 15 is 0 Å². The summed E-state index contributed by atoms with van der Waals surface area (Å²) in [5, 5.41) is 10.8. The number of nitrogens with zero attached hydrogens (tertiary/aromatic N) is 2. The minimum absolute atomic E-state index is 0. The number of carbonyl (C=O) groups excluding carboxylic acids is 1. The first kappa shape index (κ1) is 17.5. The molecule has 0 bridgehead atoms. The highest BCUT2D eigenvalue weighted by Crippen LogP contribution is 2.21. The second-order valence-corrected chi connectivity index (χ2v) is 5.86. The molecule has 1 fully saturated rings. The molecule has 2 heterocycles. The Hall–Kier alpha value is -1.85. The van der Waals surface area contributed by atoms with Crippen LogP contribution in [0.15, 0.2) is 36.5 Å². The van der Waals surface area contributed by atoms with Gasteiger partial charge in [-0.2, -0.15) is 5.10 Å². The van der Waals surface area contributed by atoms with Crippen molar-refractivity contribution in [2.24, 2.45) is 5.92 Å². The molecule has 1 atom stereocenters. The summed E-state index contributed by atoms with van der Waals surface area (Å²) < 4.78 is 1.80. The summed E-state index contributed by atoms with van der Waals surface area (Å²) in [6.07, 6.45) is 4.60. The third kappa shape index (κ3) is 4.56. The van der Waals surface area contributed by atoms with E-state index in [1.165, 1.54) is 6.42 Å². The Morgan fingerprint density at radius 2 is 2.22 bits per heavy atom. The fraction of sp³-hybridized carbons (Fsp3) is 0.412. The van der Waals surface area contributed by atoms with E-state index in [4.69, 9.17) is 0 Å². The lowest BCUT2D eigenvalue weighted by Gasteiger charge is -2.12. The van der Waals surface area contributed by atoms with Gasteiger partial charge in [-0.1, -0.05) is 12.1 Å². The fourth-order valence-electron chi connectivity index (χ4n) is 2.84. The topological polar surface area (TPSA) is 59.0 Å². The third-order valence-electron chi connectivity index (χ3n) is 4.09. The highest BCUT2D eigenvalue weighted by molar-refractivity contribution is 5.92. The Labute approximate surface area is 142 Å². The zero-order valence-corrected chi connectivity index (χ0v) is 14.1. The van der Waals surface area contributed by atoms with Gasteiger partial charge in [-0.3, -0.25) is 4.79 Å². The van der Waals surface area contributed by atoms with E-state index in [0.717, 1.165) is 36.6 Å². The Kier molecular flexibility index (Phi) is 6.19. The molecular formula is C17H23ClN4O. The second kappa shape index (κ2) is 8.13. The molecule has 0 aliphatic carbocycles. The number of anilines is 1. The molecule has 1 aromatic carbocycles. The maximum absolute atomic E-state index is 12.2. The summed E-state index contributed by atoms with van der Waals surface area (Å²) in [4.78, 5) is 12.2. The summed E-state index contributed by atoms with van der Waals surface area (Å²) in [7, 11) is 0. The van der Waals surface area contributed by atoms with E-state index in [9.17, 15) is 4.79 Å². The zero-order valence-electron chi connectivity index (χ0n) is 13.3. The SMILES string of the molecule is Cc1ccn(-c2ccccc2NC(=O)CCC2CCNC2)n1.Cl. The number of benzene rings is 1. The van der Waals surface area contributed by atoms with Crippen molar-refractivity contribution in [3.05, 3.63) is 42.2 Å². The lowest BCUT2D eigenvalue weighted by molar-refractivity contribution is -0.116. The molecule has 124 valence electrons. The van der Waals surface area contributed by atoms with Gasteiger partial charge in [0.15, 0.2) is 0 Å². The lowest BCUT2D eigenvalue weighted by Crippen LogP contribution is -2.16. The highest BCUT2D eigenvalue weighted by atomic mass is 35.5. The van der Waals surface area contributed by atoms with Crippen LogP contribution in [0, 0.1) is 12.8 Å². The van der Waals surface area contributed by atoms with Gasteiger partial charge in [-0.25, -0.2) is 4.68 Å². The number of rotatable bonds is 5. The minimum Gasteiger partial charge on any atom is -0.324 e. The molecule has 2 N–H and O–H groups in total. The fourth-order valence-corrected chi connectivity index (χ4v) is 2.84. The van der Waals surface area contributed by atoms with Crippen LogP contribution in [-0.4, -0.2) is 28.8 Å². The van der Waals surface area contributed by atoms with Gasteiger partial charge in [0.25, 0.3) is 0 Å². The molecule has 5 nitrogen and oxygen atoms in total. The minimum atomic E-state index is 0. The van der Waals surface area contributed by atoms with Crippen molar-refractivity contribution < 1.29 is 4.79 Å². The quantitative estimate of drug-likeness (QED) is 0.884. The molecule has 6 heteroatoms. The average Bonchev–Trinajstić information content (AvgIpc) is 3.17. The second-order valence-electron chi connectivity index (χ2n) is 5.86. The van der Waals surface area contributed by atoms with E-state index in [1.54, 1.807) is 4.68 Å². The van der Waals surface area contributed by atoms with Crippen molar-refractivity contribution in [2.45, 2.75) is 26.2 Å². The van der Waals surface area contributed by atoms with Crippen molar-refractivity contribution in [1.29, 1.82) is 0 Å². The van der Waals surface area contributed by atoms with Gasteiger partial charge in [-0.05, 0) is 57.0 Å². The molecule has 1 saturated heterocycles. The van der Waals surface area contributed by atoms with Gasteiger partial charge in [-0.15, -0.1) is 12.4 Å². The normalized spacial score (nSPS) is 16.8. The monoisotopic (exact) mass is 334 g/mol.